The number of carbonyl (C=O) groups excluding carboxylic acids is 3. The van der Waals surface area contributed by atoms with Gasteiger partial charge >= 0.3 is 0 Å². The van der Waals surface area contributed by atoms with Gasteiger partial charge in [0.25, 0.3) is 17.7 Å². The van der Waals surface area contributed by atoms with Gasteiger partial charge in [-0.05, 0) is 38.1 Å². The molecule has 0 atom stereocenters. The zero-order valence-electron chi connectivity index (χ0n) is 14.1. The molecule has 7 heteroatoms. The molecule has 2 aromatic rings. The van der Waals surface area contributed by atoms with Crippen LogP contribution in [-0.4, -0.2) is 40.8 Å². The third-order valence-electron chi connectivity index (χ3n) is 3.69. The Morgan fingerprint density at radius 3 is 2.56 bits per heavy atom. The minimum absolute atomic E-state index is 0.0302. The fourth-order valence-electron chi connectivity index (χ4n) is 2.52. The van der Waals surface area contributed by atoms with E-state index < -0.39 is 0 Å². The number of hydrogen-bond acceptors (Lipinski definition) is 5. The smallest absolute Gasteiger partial charge is 0.261 e. The molecule has 0 aliphatic carbocycles. The second-order valence-electron chi connectivity index (χ2n) is 5.96. The third kappa shape index (κ3) is 3.21. The summed E-state index contributed by atoms with van der Waals surface area (Å²) in [6.45, 7) is 3.76. The van der Waals surface area contributed by atoms with E-state index in [1.807, 2.05) is 13.8 Å². The minimum Gasteiger partial charge on any atom is -0.489 e. The number of fused-ring (bicyclic) bond motifs is 1. The molecule has 128 valence electrons. The molecule has 0 radical (unpaired) electrons. The van der Waals surface area contributed by atoms with Gasteiger partial charge in [0.1, 0.15) is 5.75 Å². The van der Waals surface area contributed by atoms with Gasteiger partial charge in [0.2, 0.25) is 0 Å². The van der Waals surface area contributed by atoms with Crippen LogP contribution in [0.2, 0.25) is 0 Å². The van der Waals surface area contributed by atoms with Gasteiger partial charge < -0.3 is 10.1 Å². The Kier molecular flexibility index (Phi) is 4.22. The lowest BCUT2D eigenvalue weighted by molar-refractivity contribution is 0.0692. The monoisotopic (exact) mass is 339 g/mol. The lowest BCUT2D eigenvalue weighted by Gasteiger charge is -2.10. The highest BCUT2D eigenvalue weighted by atomic mass is 16.5. The zero-order chi connectivity index (χ0) is 18.1. The molecular weight excluding hydrogens is 322 g/mol. The second kappa shape index (κ2) is 6.35. The van der Waals surface area contributed by atoms with Gasteiger partial charge in [0.15, 0.2) is 0 Å². The van der Waals surface area contributed by atoms with Crippen molar-refractivity contribution in [1.82, 2.24) is 9.88 Å². The molecule has 0 bridgehead atoms. The van der Waals surface area contributed by atoms with Crippen molar-refractivity contribution in [3.8, 4) is 5.75 Å². The van der Waals surface area contributed by atoms with E-state index in [1.54, 1.807) is 12.1 Å². The highest BCUT2D eigenvalue weighted by molar-refractivity contribution is 6.21. The molecule has 2 heterocycles. The van der Waals surface area contributed by atoms with Crippen molar-refractivity contribution >= 4 is 23.4 Å². The predicted molar refractivity (Wildman–Crippen MR) is 90.8 cm³/mol. The summed E-state index contributed by atoms with van der Waals surface area (Å²) in [5.74, 6) is -0.614. The van der Waals surface area contributed by atoms with Crippen LogP contribution in [0.15, 0.2) is 36.7 Å². The lowest BCUT2D eigenvalue weighted by atomic mass is 10.1. The summed E-state index contributed by atoms with van der Waals surface area (Å²) in [6.07, 6.45) is 2.93. The van der Waals surface area contributed by atoms with Gasteiger partial charge in [-0.15, -0.1) is 0 Å². The maximum Gasteiger partial charge on any atom is 0.261 e. The van der Waals surface area contributed by atoms with Gasteiger partial charge in [0, 0.05) is 18.9 Å². The van der Waals surface area contributed by atoms with Gasteiger partial charge in [-0.3, -0.25) is 24.3 Å². The Morgan fingerprint density at radius 2 is 1.84 bits per heavy atom. The van der Waals surface area contributed by atoms with E-state index in [4.69, 9.17) is 4.74 Å². The van der Waals surface area contributed by atoms with Crippen LogP contribution in [0.5, 0.6) is 5.75 Å². The summed E-state index contributed by atoms with van der Waals surface area (Å²) in [4.78, 5) is 41.4. The average molecular weight is 339 g/mol. The molecule has 25 heavy (non-hydrogen) atoms. The molecule has 1 aliphatic heterocycles. The number of benzene rings is 1. The van der Waals surface area contributed by atoms with E-state index >= 15 is 0 Å². The van der Waals surface area contributed by atoms with Crippen LogP contribution in [0.3, 0.4) is 0 Å². The molecule has 3 rings (SSSR count). The Balaban J connectivity index is 1.81. The minimum atomic E-state index is -0.384. The van der Waals surface area contributed by atoms with Crippen LogP contribution in [0.4, 0.5) is 5.69 Å². The van der Waals surface area contributed by atoms with E-state index in [9.17, 15) is 14.4 Å². The number of imide groups is 1. The van der Waals surface area contributed by atoms with Crippen LogP contribution in [-0.2, 0) is 0 Å². The summed E-state index contributed by atoms with van der Waals surface area (Å²) < 4.78 is 5.52. The summed E-state index contributed by atoms with van der Waals surface area (Å²) in [6, 6.07) is 6.21. The largest absolute Gasteiger partial charge is 0.489 e. The van der Waals surface area contributed by atoms with Crippen LogP contribution in [0, 0.1) is 0 Å². The van der Waals surface area contributed by atoms with Crippen LogP contribution < -0.4 is 10.1 Å². The summed E-state index contributed by atoms with van der Waals surface area (Å²) in [5, 5.41) is 2.70. The first-order chi connectivity index (χ1) is 11.9. The van der Waals surface area contributed by atoms with Crippen molar-refractivity contribution in [2.24, 2.45) is 0 Å². The summed E-state index contributed by atoms with van der Waals surface area (Å²) in [5.41, 5.74) is 1.37. The van der Waals surface area contributed by atoms with Gasteiger partial charge in [-0.1, -0.05) is 0 Å². The Labute approximate surface area is 144 Å². The number of carbonyl (C=O) groups is 3. The fourth-order valence-corrected chi connectivity index (χ4v) is 2.52. The van der Waals surface area contributed by atoms with E-state index in [0.717, 1.165) is 4.90 Å². The molecule has 0 saturated heterocycles. The number of ether oxygens (including phenoxy) is 1. The molecule has 0 spiro atoms. The molecule has 1 aliphatic rings. The molecule has 1 N–H and O–H groups in total. The molecule has 1 aromatic heterocycles. The van der Waals surface area contributed by atoms with E-state index in [2.05, 4.69) is 10.3 Å². The van der Waals surface area contributed by atoms with Crippen LogP contribution in [0.25, 0.3) is 0 Å². The Hall–Kier alpha value is -3.22. The standard InChI is InChI=1S/C18H17N3O4/c1-10(2)25-13-6-11(8-19-9-13)16(22)20-12-4-5-14-15(7-12)18(24)21(3)17(14)23/h4-10H,1-3H3,(H,20,22). The Morgan fingerprint density at radius 1 is 1.12 bits per heavy atom. The highest BCUT2D eigenvalue weighted by Crippen LogP contribution is 2.25. The topological polar surface area (TPSA) is 88.6 Å². The van der Waals surface area contributed by atoms with Crippen molar-refractivity contribution in [1.29, 1.82) is 0 Å². The summed E-state index contributed by atoms with van der Waals surface area (Å²) in [7, 11) is 1.43. The molecular formula is C18H17N3O4. The van der Waals surface area contributed by atoms with E-state index in [1.165, 1.54) is 31.6 Å². The molecule has 3 amide bonds. The average Bonchev–Trinajstić information content (AvgIpc) is 2.79. The molecule has 0 fully saturated rings. The number of anilines is 1. The predicted octanol–water partition coefficient (Wildman–Crippen LogP) is 2.35. The number of rotatable bonds is 4. The Bertz CT molecular complexity index is 876. The number of amides is 3. The number of aromatic nitrogens is 1. The molecule has 1 aromatic carbocycles. The van der Waals surface area contributed by atoms with Crippen LogP contribution >= 0.6 is 0 Å². The highest BCUT2D eigenvalue weighted by Gasteiger charge is 2.32. The zero-order valence-corrected chi connectivity index (χ0v) is 14.1. The van der Waals surface area contributed by atoms with Crippen molar-refractivity contribution in [2.45, 2.75) is 20.0 Å². The van der Waals surface area contributed by atoms with Crippen LogP contribution in [0.1, 0.15) is 44.9 Å². The second-order valence-corrected chi connectivity index (χ2v) is 5.96. The van der Waals surface area contributed by atoms with Crippen molar-refractivity contribution in [3.05, 3.63) is 53.3 Å². The first-order valence-electron chi connectivity index (χ1n) is 7.76. The van der Waals surface area contributed by atoms with E-state index in [-0.39, 0.29) is 29.4 Å². The SMILES string of the molecule is CC(C)Oc1cncc(C(=O)Nc2ccc3c(c2)C(=O)N(C)C3=O)c1. The van der Waals surface area contributed by atoms with Crippen molar-refractivity contribution < 1.29 is 19.1 Å². The number of nitrogens with zero attached hydrogens (tertiary/aromatic N) is 2. The van der Waals surface area contributed by atoms with Crippen molar-refractivity contribution in [2.75, 3.05) is 12.4 Å². The third-order valence-corrected chi connectivity index (χ3v) is 3.69. The first kappa shape index (κ1) is 16.6. The number of hydrogen-bond donors (Lipinski definition) is 1. The molecule has 7 nitrogen and oxygen atoms in total. The summed E-state index contributed by atoms with van der Waals surface area (Å²) >= 11 is 0. The maximum atomic E-state index is 12.4. The first-order valence-corrected chi connectivity index (χ1v) is 7.76. The van der Waals surface area contributed by atoms with Crippen molar-refractivity contribution in [3.63, 3.8) is 0 Å². The fraction of sp³-hybridized carbons (Fsp3) is 0.222. The maximum absolute atomic E-state index is 12.4. The number of nitrogens with one attached hydrogen (secondary N) is 1. The molecule has 0 saturated carbocycles. The number of pyridine rings is 1. The lowest BCUT2D eigenvalue weighted by Crippen LogP contribution is -2.24. The van der Waals surface area contributed by atoms with E-state index in [0.29, 0.717) is 22.6 Å². The van der Waals surface area contributed by atoms with Gasteiger partial charge in [-0.2, -0.15) is 0 Å². The normalized spacial score (nSPS) is 13.2. The van der Waals surface area contributed by atoms with Gasteiger partial charge in [-0.25, -0.2) is 0 Å². The van der Waals surface area contributed by atoms with Gasteiger partial charge in [0.05, 0.1) is 29.0 Å². The molecule has 0 unspecified atom stereocenters. The quantitative estimate of drug-likeness (QED) is 0.864.